The SMILES string of the molecule is CN(C)CCC(=O)N1CC(CO)OC(C)(C)C1. The zero-order valence-corrected chi connectivity index (χ0v) is 11.3. The van der Waals surface area contributed by atoms with Crippen LogP contribution in [-0.4, -0.2) is 72.9 Å². The molecule has 0 aliphatic carbocycles. The van der Waals surface area contributed by atoms with Crippen molar-refractivity contribution in [3.63, 3.8) is 0 Å². The van der Waals surface area contributed by atoms with Gasteiger partial charge in [0.15, 0.2) is 0 Å². The minimum absolute atomic E-state index is 0.0408. The van der Waals surface area contributed by atoms with Gasteiger partial charge in [0.1, 0.15) is 0 Å². The van der Waals surface area contributed by atoms with Crippen molar-refractivity contribution in [2.24, 2.45) is 0 Å². The molecule has 1 saturated heterocycles. The lowest BCUT2D eigenvalue weighted by atomic mass is 10.0. The molecule has 1 fully saturated rings. The summed E-state index contributed by atoms with van der Waals surface area (Å²) in [6.45, 7) is 5.69. The van der Waals surface area contributed by atoms with Gasteiger partial charge in [0.2, 0.25) is 5.91 Å². The fourth-order valence-corrected chi connectivity index (χ4v) is 2.06. The van der Waals surface area contributed by atoms with Gasteiger partial charge in [0.25, 0.3) is 0 Å². The fourth-order valence-electron chi connectivity index (χ4n) is 2.06. The minimum Gasteiger partial charge on any atom is -0.394 e. The maximum absolute atomic E-state index is 12.0. The highest BCUT2D eigenvalue weighted by molar-refractivity contribution is 5.76. The molecule has 0 aromatic carbocycles. The zero-order valence-electron chi connectivity index (χ0n) is 11.3. The molecule has 5 nitrogen and oxygen atoms in total. The van der Waals surface area contributed by atoms with E-state index in [0.29, 0.717) is 19.5 Å². The zero-order chi connectivity index (χ0) is 13.1. The second kappa shape index (κ2) is 5.80. The first-order valence-electron chi connectivity index (χ1n) is 6.05. The van der Waals surface area contributed by atoms with E-state index in [1.807, 2.05) is 32.8 Å². The number of hydrogen-bond acceptors (Lipinski definition) is 4. The lowest BCUT2D eigenvalue weighted by molar-refractivity contribution is -0.167. The molecule has 1 atom stereocenters. The molecule has 1 rings (SSSR count). The van der Waals surface area contributed by atoms with Crippen molar-refractivity contribution in [1.29, 1.82) is 0 Å². The Morgan fingerprint density at radius 1 is 1.53 bits per heavy atom. The monoisotopic (exact) mass is 244 g/mol. The minimum atomic E-state index is -0.376. The van der Waals surface area contributed by atoms with Crippen molar-refractivity contribution in [2.75, 3.05) is 40.3 Å². The maximum Gasteiger partial charge on any atom is 0.224 e. The van der Waals surface area contributed by atoms with Crippen molar-refractivity contribution in [1.82, 2.24) is 9.80 Å². The standard InChI is InChI=1S/C12H24N2O3/c1-12(2)9-14(7-10(8-15)17-12)11(16)5-6-13(3)4/h10,15H,5-9H2,1-4H3. The number of aliphatic hydroxyl groups excluding tert-OH is 1. The molecule has 0 radical (unpaired) electrons. The smallest absolute Gasteiger partial charge is 0.224 e. The van der Waals surface area contributed by atoms with Crippen LogP contribution in [0.15, 0.2) is 0 Å². The molecule has 1 aliphatic heterocycles. The molecular weight excluding hydrogens is 220 g/mol. The molecule has 1 aliphatic rings. The van der Waals surface area contributed by atoms with Crippen LogP contribution in [0.3, 0.4) is 0 Å². The summed E-state index contributed by atoms with van der Waals surface area (Å²) >= 11 is 0. The first-order valence-corrected chi connectivity index (χ1v) is 6.05. The van der Waals surface area contributed by atoms with Crippen LogP contribution in [-0.2, 0) is 9.53 Å². The van der Waals surface area contributed by atoms with E-state index in [-0.39, 0.29) is 24.2 Å². The van der Waals surface area contributed by atoms with Gasteiger partial charge in [-0.3, -0.25) is 4.79 Å². The number of carbonyl (C=O) groups is 1. The topological polar surface area (TPSA) is 53.0 Å². The third-order valence-electron chi connectivity index (χ3n) is 2.81. The van der Waals surface area contributed by atoms with Crippen LogP contribution in [0.4, 0.5) is 0 Å². The number of ether oxygens (including phenoxy) is 1. The number of rotatable bonds is 4. The van der Waals surface area contributed by atoms with Crippen LogP contribution in [0, 0.1) is 0 Å². The number of morpholine rings is 1. The van der Waals surface area contributed by atoms with Crippen LogP contribution < -0.4 is 0 Å². The summed E-state index contributed by atoms with van der Waals surface area (Å²) in [4.78, 5) is 15.8. The van der Waals surface area contributed by atoms with Crippen molar-refractivity contribution in [2.45, 2.75) is 32.0 Å². The maximum atomic E-state index is 12.0. The van der Waals surface area contributed by atoms with E-state index in [0.717, 1.165) is 6.54 Å². The van der Waals surface area contributed by atoms with Gasteiger partial charge in [0, 0.05) is 26.1 Å². The Morgan fingerprint density at radius 3 is 2.71 bits per heavy atom. The Hall–Kier alpha value is -0.650. The first-order chi connectivity index (χ1) is 7.84. The van der Waals surface area contributed by atoms with Crippen LogP contribution in [0.5, 0.6) is 0 Å². The molecule has 5 heteroatoms. The summed E-state index contributed by atoms with van der Waals surface area (Å²) in [5.74, 6) is 0.133. The molecule has 0 bridgehead atoms. The quantitative estimate of drug-likeness (QED) is 0.752. The van der Waals surface area contributed by atoms with Gasteiger partial charge >= 0.3 is 0 Å². The molecular formula is C12H24N2O3. The molecule has 1 amide bonds. The van der Waals surface area contributed by atoms with Crippen molar-refractivity contribution < 1.29 is 14.6 Å². The van der Waals surface area contributed by atoms with Gasteiger partial charge in [-0.1, -0.05) is 0 Å². The fraction of sp³-hybridized carbons (Fsp3) is 0.917. The highest BCUT2D eigenvalue weighted by atomic mass is 16.5. The summed E-state index contributed by atoms with van der Waals surface area (Å²) in [6, 6.07) is 0. The Labute approximate surface area is 103 Å². The average Bonchev–Trinajstić information content (AvgIpc) is 2.23. The molecule has 100 valence electrons. The molecule has 0 aromatic rings. The third kappa shape index (κ3) is 4.61. The van der Waals surface area contributed by atoms with Gasteiger partial charge in [-0.15, -0.1) is 0 Å². The van der Waals surface area contributed by atoms with E-state index in [4.69, 9.17) is 9.84 Å². The summed E-state index contributed by atoms with van der Waals surface area (Å²) in [5, 5.41) is 9.17. The predicted octanol–water partition coefficient (Wildman–Crippen LogP) is -0.0636. The Kier molecular flexibility index (Phi) is 4.91. The van der Waals surface area contributed by atoms with E-state index in [1.54, 1.807) is 4.90 Å². The molecule has 17 heavy (non-hydrogen) atoms. The largest absolute Gasteiger partial charge is 0.394 e. The van der Waals surface area contributed by atoms with Crippen LogP contribution in [0.1, 0.15) is 20.3 Å². The van der Waals surface area contributed by atoms with E-state index in [2.05, 4.69) is 0 Å². The third-order valence-corrected chi connectivity index (χ3v) is 2.81. The number of hydrogen-bond donors (Lipinski definition) is 1. The van der Waals surface area contributed by atoms with Gasteiger partial charge in [-0.05, 0) is 27.9 Å². The van der Waals surface area contributed by atoms with Crippen LogP contribution in [0.25, 0.3) is 0 Å². The molecule has 0 saturated carbocycles. The number of nitrogens with zero attached hydrogens (tertiary/aromatic N) is 2. The number of aliphatic hydroxyl groups is 1. The number of carbonyl (C=O) groups excluding carboxylic acids is 1. The number of amides is 1. The van der Waals surface area contributed by atoms with Gasteiger partial charge in [-0.25, -0.2) is 0 Å². The Morgan fingerprint density at radius 2 is 2.18 bits per heavy atom. The summed E-state index contributed by atoms with van der Waals surface area (Å²) in [5.41, 5.74) is -0.376. The van der Waals surface area contributed by atoms with Crippen molar-refractivity contribution in [3.8, 4) is 0 Å². The normalized spacial score (nSPS) is 24.1. The van der Waals surface area contributed by atoms with E-state index in [9.17, 15) is 4.79 Å². The highest BCUT2D eigenvalue weighted by Gasteiger charge is 2.34. The predicted molar refractivity (Wildman–Crippen MR) is 65.8 cm³/mol. The van der Waals surface area contributed by atoms with E-state index in [1.165, 1.54) is 0 Å². The molecule has 1 heterocycles. The summed E-state index contributed by atoms with van der Waals surface area (Å²) in [6.07, 6.45) is 0.253. The summed E-state index contributed by atoms with van der Waals surface area (Å²) < 4.78 is 5.67. The molecule has 0 spiro atoms. The lowest BCUT2D eigenvalue weighted by Crippen LogP contribution is -2.55. The molecule has 1 N–H and O–H groups in total. The second-order valence-corrected chi connectivity index (χ2v) is 5.51. The van der Waals surface area contributed by atoms with Gasteiger partial charge in [-0.2, -0.15) is 0 Å². The van der Waals surface area contributed by atoms with Crippen LogP contribution in [0.2, 0.25) is 0 Å². The Bertz CT molecular complexity index is 266. The van der Waals surface area contributed by atoms with Crippen LogP contribution >= 0.6 is 0 Å². The molecule has 1 unspecified atom stereocenters. The summed E-state index contributed by atoms with van der Waals surface area (Å²) in [7, 11) is 3.90. The van der Waals surface area contributed by atoms with Gasteiger partial charge in [0.05, 0.1) is 18.3 Å². The molecule has 0 aromatic heterocycles. The van der Waals surface area contributed by atoms with Crippen molar-refractivity contribution >= 4 is 5.91 Å². The Balaban J connectivity index is 2.54. The van der Waals surface area contributed by atoms with Crippen molar-refractivity contribution in [3.05, 3.63) is 0 Å². The van der Waals surface area contributed by atoms with Gasteiger partial charge < -0.3 is 19.6 Å². The first kappa shape index (κ1) is 14.4. The van der Waals surface area contributed by atoms with E-state index < -0.39 is 0 Å². The lowest BCUT2D eigenvalue weighted by Gasteiger charge is -2.42. The highest BCUT2D eigenvalue weighted by Crippen LogP contribution is 2.21. The average molecular weight is 244 g/mol. The second-order valence-electron chi connectivity index (χ2n) is 5.51. The van der Waals surface area contributed by atoms with E-state index >= 15 is 0 Å².